The van der Waals surface area contributed by atoms with E-state index in [1.165, 1.54) is 32.0 Å². The van der Waals surface area contributed by atoms with E-state index in [0.29, 0.717) is 28.4 Å². The Morgan fingerprint density at radius 1 is 1.06 bits per heavy atom. The first kappa shape index (κ1) is 21.8. The van der Waals surface area contributed by atoms with Crippen LogP contribution in [0, 0.1) is 11.6 Å². The number of halogens is 2. The molecule has 166 valence electrons. The molecule has 4 rings (SSSR count). The Hall–Kier alpha value is -3.47. The molecule has 3 heterocycles. The molecule has 11 heteroatoms. The number of aryl methyl sites for hydroxylation is 1. The first-order chi connectivity index (χ1) is 15.4. The molecule has 8 nitrogen and oxygen atoms in total. The van der Waals surface area contributed by atoms with Gasteiger partial charge >= 0.3 is 0 Å². The summed E-state index contributed by atoms with van der Waals surface area (Å²) in [5.74, 6) is -1.70. The molecule has 0 atom stereocenters. The topological polar surface area (TPSA) is 87.0 Å². The summed E-state index contributed by atoms with van der Waals surface area (Å²) in [5.41, 5.74) is 1.14. The fourth-order valence-electron chi connectivity index (χ4n) is 3.23. The SMILES string of the molecule is COc1cc(OC)c(F)c(-c2cc3cnc(SC)nc3c(NCc3cnn(C)c3)n2)c1F. The summed E-state index contributed by atoms with van der Waals surface area (Å²) in [6, 6.07) is 2.69. The zero-order chi connectivity index (χ0) is 22.8. The number of nitrogens with zero attached hydrogens (tertiary/aromatic N) is 5. The van der Waals surface area contributed by atoms with Gasteiger partial charge in [-0.2, -0.15) is 5.10 Å². The van der Waals surface area contributed by atoms with Crippen molar-refractivity contribution in [3.05, 3.63) is 47.9 Å². The predicted molar refractivity (Wildman–Crippen MR) is 118 cm³/mol. The molecule has 0 aliphatic rings. The fraction of sp³-hybridized carbons (Fsp3) is 0.238. The van der Waals surface area contributed by atoms with Gasteiger partial charge in [-0.25, -0.2) is 23.7 Å². The van der Waals surface area contributed by atoms with Crippen LogP contribution in [-0.2, 0) is 13.6 Å². The lowest BCUT2D eigenvalue weighted by Crippen LogP contribution is -2.06. The molecule has 0 bridgehead atoms. The van der Waals surface area contributed by atoms with Gasteiger partial charge in [0.2, 0.25) is 0 Å². The highest BCUT2D eigenvalue weighted by Crippen LogP contribution is 2.38. The lowest BCUT2D eigenvalue weighted by atomic mass is 10.1. The lowest BCUT2D eigenvalue weighted by molar-refractivity contribution is 0.359. The normalized spacial score (nSPS) is 11.1. The van der Waals surface area contributed by atoms with Gasteiger partial charge in [0, 0.05) is 43.0 Å². The van der Waals surface area contributed by atoms with E-state index in [1.807, 2.05) is 19.5 Å². The van der Waals surface area contributed by atoms with Gasteiger partial charge in [-0.3, -0.25) is 4.68 Å². The summed E-state index contributed by atoms with van der Waals surface area (Å²) < 4.78 is 42.0. The third kappa shape index (κ3) is 4.03. The number of methoxy groups -OCH3 is 2. The van der Waals surface area contributed by atoms with Gasteiger partial charge in [0.15, 0.2) is 34.1 Å². The molecular weight excluding hydrogens is 438 g/mol. The maximum absolute atomic E-state index is 15.1. The molecule has 1 N–H and O–H groups in total. The number of aromatic nitrogens is 5. The van der Waals surface area contributed by atoms with Gasteiger partial charge < -0.3 is 14.8 Å². The number of benzene rings is 1. The molecule has 32 heavy (non-hydrogen) atoms. The number of pyridine rings is 1. The third-order valence-corrected chi connectivity index (χ3v) is 5.34. The molecule has 0 saturated heterocycles. The molecule has 0 aliphatic carbocycles. The van der Waals surface area contributed by atoms with Crippen LogP contribution in [0.15, 0.2) is 35.9 Å². The minimum absolute atomic E-state index is 0.0545. The highest BCUT2D eigenvalue weighted by molar-refractivity contribution is 7.98. The molecule has 0 spiro atoms. The van der Waals surface area contributed by atoms with Crippen LogP contribution in [0.3, 0.4) is 0 Å². The van der Waals surface area contributed by atoms with E-state index in [1.54, 1.807) is 17.1 Å². The predicted octanol–water partition coefficient (Wildman–Crippen LogP) is 4.05. The van der Waals surface area contributed by atoms with E-state index >= 15 is 8.78 Å². The van der Waals surface area contributed by atoms with Crippen molar-refractivity contribution in [3.63, 3.8) is 0 Å². The van der Waals surface area contributed by atoms with E-state index in [9.17, 15) is 0 Å². The maximum atomic E-state index is 15.1. The Morgan fingerprint density at radius 2 is 1.78 bits per heavy atom. The highest BCUT2D eigenvalue weighted by Gasteiger charge is 2.24. The number of hydrogen-bond acceptors (Lipinski definition) is 8. The molecule has 0 saturated carbocycles. The monoisotopic (exact) mass is 458 g/mol. The second-order valence-corrected chi connectivity index (χ2v) is 7.58. The van der Waals surface area contributed by atoms with Gasteiger partial charge in [-0.15, -0.1) is 0 Å². The third-order valence-electron chi connectivity index (χ3n) is 4.77. The second-order valence-electron chi connectivity index (χ2n) is 6.81. The van der Waals surface area contributed by atoms with E-state index < -0.39 is 11.6 Å². The van der Waals surface area contributed by atoms with Crippen molar-refractivity contribution in [3.8, 4) is 22.8 Å². The van der Waals surface area contributed by atoms with Gasteiger partial charge in [-0.1, -0.05) is 11.8 Å². The molecule has 4 aromatic rings. The Morgan fingerprint density at radius 3 is 2.38 bits per heavy atom. The van der Waals surface area contributed by atoms with Crippen molar-refractivity contribution in [2.75, 3.05) is 25.8 Å². The van der Waals surface area contributed by atoms with Gasteiger partial charge in [0.05, 0.1) is 31.7 Å². The van der Waals surface area contributed by atoms with Crippen molar-refractivity contribution < 1.29 is 18.3 Å². The lowest BCUT2D eigenvalue weighted by Gasteiger charge is -2.15. The minimum Gasteiger partial charge on any atom is -0.494 e. The van der Waals surface area contributed by atoms with Crippen LogP contribution in [0.25, 0.3) is 22.2 Å². The molecule has 0 unspecified atom stereocenters. The number of nitrogens with one attached hydrogen (secondary N) is 1. The van der Waals surface area contributed by atoms with Crippen molar-refractivity contribution in [1.29, 1.82) is 0 Å². The average molecular weight is 458 g/mol. The minimum atomic E-state index is -0.877. The van der Waals surface area contributed by atoms with Crippen molar-refractivity contribution >= 4 is 28.5 Å². The van der Waals surface area contributed by atoms with Crippen LogP contribution in [-0.4, -0.2) is 45.2 Å². The quantitative estimate of drug-likeness (QED) is 0.328. The van der Waals surface area contributed by atoms with Gasteiger partial charge in [0.25, 0.3) is 0 Å². The van der Waals surface area contributed by atoms with Crippen LogP contribution >= 0.6 is 11.8 Å². The fourth-order valence-corrected chi connectivity index (χ4v) is 3.57. The number of anilines is 1. The zero-order valence-electron chi connectivity index (χ0n) is 17.8. The molecule has 1 aromatic carbocycles. The largest absolute Gasteiger partial charge is 0.494 e. The summed E-state index contributed by atoms with van der Waals surface area (Å²) in [5, 5.41) is 8.47. The second kappa shape index (κ2) is 8.95. The van der Waals surface area contributed by atoms with Crippen molar-refractivity contribution in [2.45, 2.75) is 11.7 Å². The summed E-state index contributed by atoms with van der Waals surface area (Å²) in [6.45, 7) is 0.393. The number of ether oxygens (including phenoxy) is 2. The summed E-state index contributed by atoms with van der Waals surface area (Å²) in [6.07, 6.45) is 7.03. The maximum Gasteiger partial charge on any atom is 0.187 e. The Bertz CT molecular complexity index is 1270. The van der Waals surface area contributed by atoms with Gasteiger partial charge in [0.1, 0.15) is 5.52 Å². The van der Waals surface area contributed by atoms with Crippen LogP contribution in [0.4, 0.5) is 14.6 Å². The number of fused-ring (bicyclic) bond motifs is 1. The molecule has 0 radical (unpaired) electrons. The Balaban J connectivity index is 1.89. The van der Waals surface area contributed by atoms with Crippen LogP contribution < -0.4 is 14.8 Å². The number of thioether (sulfide) groups is 1. The van der Waals surface area contributed by atoms with Crippen LogP contribution in [0.2, 0.25) is 0 Å². The van der Waals surface area contributed by atoms with E-state index in [0.717, 1.165) is 11.6 Å². The smallest absolute Gasteiger partial charge is 0.187 e. The Labute approximate surface area is 187 Å². The van der Waals surface area contributed by atoms with Crippen molar-refractivity contribution in [1.82, 2.24) is 24.7 Å². The summed E-state index contributed by atoms with van der Waals surface area (Å²) >= 11 is 1.38. The molecular formula is C21H20F2N6O2S. The molecule has 0 aliphatic heterocycles. The van der Waals surface area contributed by atoms with E-state index in [4.69, 9.17) is 9.47 Å². The number of hydrogen-bond donors (Lipinski definition) is 1. The van der Waals surface area contributed by atoms with E-state index in [-0.39, 0.29) is 22.8 Å². The first-order valence-corrected chi connectivity index (χ1v) is 10.7. The van der Waals surface area contributed by atoms with Crippen molar-refractivity contribution in [2.24, 2.45) is 7.05 Å². The summed E-state index contributed by atoms with van der Waals surface area (Å²) in [4.78, 5) is 13.3. The first-order valence-electron chi connectivity index (χ1n) is 9.48. The molecule has 3 aromatic heterocycles. The molecule has 0 amide bonds. The average Bonchev–Trinajstić information content (AvgIpc) is 3.22. The van der Waals surface area contributed by atoms with Crippen LogP contribution in [0.1, 0.15) is 5.56 Å². The zero-order valence-corrected chi connectivity index (χ0v) is 18.6. The summed E-state index contributed by atoms with van der Waals surface area (Å²) in [7, 11) is 4.41. The Kier molecular flexibility index (Phi) is 6.08. The van der Waals surface area contributed by atoms with E-state index in [2.05, 4.69) is 25.4 Å². The van der Waals surface area contributed by atoms with Gasteiger partial charge in [-0.05, 0) is 12.3 Å². The molecule has 0 fully saturated rings. The standard InChI is InChI=1S/C21H20F2N6O2S/c1-29-10-11(8-26-29)7-24-20-19-12(9-25-21(28-19)32-4)5-13(27-20)16-17(22)14(30-2)6-15(31-3)18(16)23/h5-6,8-10H,7H2,1-4H3,(H,24,27). The number of rotatable bonds is 7. The van der Waals surface area contributed by atoms with Crippen LogP contribution in [0.5, 0.6) is 11.5 Å². The highest BCUT2D eigenvalue weighted by atomic mass is 32.2.